The number of hydrogen-bond acceptors (Lipinski definition) is 3. The molecule has 142 valence electrons. The number of hydrogen-bond donors (Lipinski definition) is 1. The first kappa shape index (κ1) is 19.7. The number of rotatable bonds is 6. The van der Waals surface area contributed by atoms with Gasteiger partial charge in [-0.1, -0.05) is 54.1 Å². The van der Waals surface area contributed by atoms with E-state index in [2.05, 4.69) is 17.0 Å². The molecule has 1 atom stereocenters. The minimum Gasteiger partial charge on any atom is -0.512 e. The summed E-state index contributed by atoms with van der Waals surface area (Å²) >= 11 is 6.02. The molecule has 3 nitrogen and oxygen atoms in total. The summed E-state index contributed by atoms with van der Waals surface area (Å²) in [6, 6.07) is 18.1. The van der Waals surface area contributed by atoms with Crippen LogP contribution in [-0.4, -0.2) is 28.9 Å². The van der Waals surface area contributed by atoms with Crippen LogP contribution in [0.3, 0.4) is 0 Å². The molecule has 0 aliphatic carbocycles. The van der Waals surface area contributed by atoms with Gasteiger partial charge in [0.2, 0.25) is 0 Å². The van der Waals surface area contributed by atoms with Crippen LogP contribution in [0.4, 0.5) is 0 Å². The van der Waals surface area contributed by atoms with Crippen molar-refractivity contribution in [3.8, 4) is 0 Å². The number of benzene rings is 2. The Kier molecular flexibility index (Phi) is 6.35. The second-order valence-electron chi connectivity index (χ2n) is 7.52. The fourth-order valence-electron chi connectivity index (χ4n) is 3.99. The lowest BCUT2D eigenvalue weighted by Crippen LogP contribution is -2.45. The molecule has 3 rings (SSSR count). The average Bonchev–Trinajstić information content (AvgIpc) is 2.64. The highest BCUT2D eigenvalue weighted by atomic mass is 35.5. The summed E-state index contributed by atoms with van der Waals surface area (Å²) in [6.45, 7) is 4.04. The third kappa shape index (κ3) is 5.21. The van der Waals surface area contributed by atoms with Gasteiger partial charge in [-0.15, -0.1) is 0 Å². The standard InChI is InChI=1S/C23H26ClNO2/c1-18(26)14-22(27)23(15-19-8-10-21(24)11-9-19)12-5-13-25(17-23)16-20-6-3-2-4-7-20/h2-4,6-11,14,27H,5,12-13,15-17H2,1H3. The van der Waals surface area contributed by atoms with E-state index in [-0.39, 0.29) is 11.5 Å². The Hall–Kier alpha value is -2.10. The minimum atomic E-state index is -0.452. The molecule has 1 N–H and O–H groups in total. The third-order valence-corrected chi connectivity index (χ3v) is 5.50. The Balaban J connectivity index is 1.86. The van der Waals surface area contributed by atoms with Crippen LogP contribution >= 0.6 is 11.6 Å². The lowest BCUT2D eigenvalue weighted by Gasteiger charge is -2.43. The van der Waals surface area contributed by atoms with Crippen molar-refractivity contribution < 1.29 is 9.90 Å². The maximum atomic E-state index is 11.6. The zero-order valence-electron chi connectivity index (χ0n) is 15.7. The molecule has 2 aromatic carbocycles. The minimum absolute atomic E-state index is 0.122. The van der Waals surface area contributed by atoms with E-state index < -0.39 is 5.41 Å². The van der Waals surface area contributed by atoms with Crippen molar-refractivity contribution >= 4 is 17.4 Å². The predicted molar refractivity (Wildman–Crippen MR) is 110 cm³/mol. The van der Waals surface area contributed by atoms with Crippen LogP contribution in [0.25, 0.3) is 0 Å². The van der Waals surface area contributed by atoms with Gasteiger partial charge in [-0.25, -0.2) is 0 Å². The number of piperidine rings is 1. The molecule has 4 heteroatoms. The maximum Gasteiger partial charge on any atom is 0.155 e. The summed E-state index contributed by atoms with van der Waals surface area (Å²) in [5, 5.41) is 11.6. The number of aliphatic hydroxyl groups is 1. The van der Waals surface area contributed by atoms with E-state index in [1.54, 1.807) is 0 Å². The zero-order chi connectivity index (χ0) is 19.3. The Morgan fingerprint density at radius 3 is 2.52 bits per heavy atom. The predicted octanol–water partition coefficient (Wildman–Crippen LogP) is 5.20. The lowest BCUT2D eigenvalue weighted by molar-refractivity contribution is -0.112. The van der Waals surface area contributed by atoms with Crippen LogP contribution in [0, 0.1) is 5.41 Å². The number of likely N-dealkylation sites (tertiary alicyclic amines) is 1. The van der Waals surface area contributed by atoms with Crippen molar-refractivity contribution in [2.75, 3.05) is 13.1 Å². The lowest BCUT2D eigenvalue weighted by atomic mass is 9.73. The molecule has 0 spiro atoms. The van der Waals surface area contributed by atoms with Gasteiger partial charge in [-0.3, -0.25) is 9.69 Å². The maximum absolute atomic E-state index is 11.6. The van der Waals surface area contributed by atoms with E-state index in [0.29, 0.717) is 11.4 Å². The van der Waals surface area contributed by atoms with Gasteiger partial charge in [0.15, 0.2) is 5.78 Å². The van der Waals surface area contributed by atoms with Crippen molar-refractivity contribution in [3.05, 3.63) is 82.6 Å². The molecule has 1 saturated heterocycles. The van der Waals surface area contributed by atoms with Crippen molar-refractivity contribution in [1.29, 1.82) is 0 Å². The van der Waals surface area contributed by atoms with E-state index in [9.17, 15) is 9.90 Å². The SMILES string of the molecule is CC(=O)C=C(O)C1(Cc2ccc(Cl)cc2)CCCN(Cc2ccccc2)C1. The number of aliphatic hydroxyl groups excluding tert-OH is 1. The smallest absolute Gasteiger partial charge is 0.155 e. The van der Waals surface area contributed by atoms with Crippen molar-refractivity contribution in [3.63, 3.8) is 0 Å². The zero-order valence-corrected chi connectivity index (χ0v) is 16.5. The number of carbonyl (C=O) groups is 1. The fourth-order valence-corrected chi connectivity index (χ4v) is 4.11. The first-order chi connectivity index (χ1) is 13.0. The molecule has 1 aliphatic heterocycles. The summed E-state index contributed by atoms with van der Waals surface area (Å²) < 4.78 is 0. The Morgan fingerprint density at radius 1 is 1.15 bits per heavy atom. The number of ketones is 1. The van der Waals surface area contributed by atoms with E-state index >= 15 is 0 Å². The molecule has 0 aromatic heterocycles. The van der Waals surface area contributed by atoms with Crippen molar-refractivity contribution in [1.82, 2.24) is 4.90 Å². The third-order valence-electron chi connectivity index (χ3n) is 5.24. The van der Waals surface area contributed by atoms with E-state index in [1.807, 2.05) is 42.5 Å². The van der Waals surface area contributed by atoms with Gasteiger partial charge in [0.25, 0.3) is 0 Å². The number of halogens is 1. The first-order valence-corrected chi connectivity index (χ1v) is 9.77. The first-order valence-electron chi connectivity index (χ1n) is 9.39. The summed E-state index contributed by atoms with van der Waals surface area (Å²) in [7, 11) is 0. The van der Waals surface area contributed by atoms with Crippen molar-refractivity contribution in [2.24, 2.45) is 5.41 Å². The summed E-state index contributed by atoms with van der Waals surface area (Å²) in [5.74, 6) is 0.0749. The quantitative estimate of drug-likeness (QED) is 0.550. The molecular formula is C23H26ClNO2. The number of nitrogens with zero attached hydrogens (tertiary/aromatic N) is 1. The van der Waals surface area contributed by atoms with Gasteiger partial charge in [-0.2, -0.15) is 0 Å². The van der Waals surface area contributed by atoms with Gasteiger partial charge in [-0.05, 0) is 56.0 Å². The normalized spacial score (nSPS) is 21.2. The Morgan fingerprint density at radius 2 is 1.85 bits per heavy atom. The molecule has 1 fully saturated rings. The van der Waals surface area contributed by atoms with Gasteiger partial charge in [0.05, 0.1) is 0 Å². The van der Waals surface area contributed by atoms with E-state index in [4.69, 9.17) is 11.6 Å². The van der Waals surface area contributed by atoms with E-state index in [0.717, 1.165) is 38.0 Å². The monoisotopic (exact) mass is 383 g/mol. The molecule has 0 amide bonds. The van der Waals surface area contributed by atoms with Crippen LogP contribution in [0.1, 0.15) is 30.9 Å². The highest BCUT2D eigenvalue weighted by Crippen LogP contribution is 2.40. The highest BCUT2D eigenvalue weighted by Gasteiger charge is 2.39. The molecule has 0 bridgehead atoms. The molecule has 0 saturated carbocycles. The van der Waals surface area contributed by atoms with Gasteiger partial charge in [0, 0.05) is 29.6 Å². The molecule has 2 aromatic rings. The van der Waals surface area contributed by atoms with Crippen LogP contribution < -0.4 is 0 Å². The Labute approximate surface area is 166 Å². The molecular weight excluding hydrogens is 358 g/mol. The Bertz CT molecular complexity index is 801. The highest BCUT2D eigenvalue weighted by molar-refractivity contribution is 6.30. The summed E-state index contributed by atoms with van der Waals surface area (Å²) in [5.41, 5.74) is 1.92. The average molecular weight is 384 g/mol. The number of carbonyl (C=O) groups excluding carboxylic acids is 1. The van der Waals surface area contributed by atoms with Gasteiger partial charge in [0.1, 0.15) is 5.76 Å². The summed E-state index contributed by atoms with van der Waals surface area (Å²) in [4.78, 5) is 14.0. The summed E-state index contributed by atoms with van der Waals surface area (Å²) in [6.07, 6.45) is 3.92. The van der Waals surface area contributed by atoms with Gasteiger partial charge >= 0.3 is 0 Å². The molecule has 0 radical (unpaired) electrons. The largest absolute Gasteiger partial charge is 0.512 e. The molecule has 27 heavy (non-hydrogen) atoms. The van der Waals surface area contributed by atoms with Crippen LogP contribution in [-0.2, 0) is 17.8 Å². The molecule has 1 aliphatic rings. The van der Waals surface area contributed by atoms with E-state index in [1.165, 1.54) is 18.6 Å². The second-order valence-corrected chi connectivity index (χ2v) is 7.96. The fraction of sp³-hybridized carbons (Fsp3) is 0.348. The second kappa shape index (κ2) is 8.73. The van der Waals surface area contributed by atoms with Crippen LogP contribution in [0.15, 0.2) is 66.4 Å². The van der Waals surface area contributed by atoms with Crippen LogP contribution in [0.2, 0.25) is 5.02 Å². The topological polar surface area (TPSA) is 40.5 Å². The molecule has 1 heterocycles. The number of allylic oxidation sites excluding steroid dienone is 1. The molecule has 1 unspecified atom stereocenters. The van der Waals surface area contributed by atoms with Crippen molar-refractivity contribution in [2.45, 2.75) is 32.7 Å². The van der Waals surface area contributed by atoms with Gasteiger partial charge < -0.3 is 5.11 Å². The van der Waals surface area contributed by atoms with Crippen LogP contribution in [0.5, 0.6) is 0 Å².